The van der Waals surface area contributed by atoms with E-state index in [9.17, 15) is 30.4 Å². The minimum absolute atomic E-state index is 0.144. The van der Waals surface area contributed by atoms with Crippen LogP contribution in [0.4, 0.5) is 14.5 Å². The summed E-state index contributed by atoms with van der Waals surface area (Å²) in [6, 6.07) is 4.23. The highest BCUT2D eigenvalue weighted by atomic mass is 32.2. The summed E-state index contributed by atoms with van der Waals surface area (Å²) in [6.07, 6.45) is 1.35. The van der Waals surface area contributed by atoms with Crippen molar-refractivity contribution in [2.75, 3.05) is 11.0 Å². The van der Waals surface area contributed by atoms with Crippen molar-refractivity contribution in [3.05, 3.63) is 53.1 Å². The first-order valence-electron chi connectivity index (χ1n) is 7.37. The van der Waals surface area contributed by atoms with Gasteiger partial charge in [0.1, 0.15) is 16.5 Å². The maximum absolute atomic E-state index is 14.0. The summed E-state index contributed by atoms with van der Waals surface area (Å²) in [5, 5.41) is 0. The zero-order chi connectivity index (χ0) is 19.3. The molecule has 0 bridgehead atoms. The Kier molecular flexibility index (Phi) is 4.35. The maximum Gasteiger partial charge on any atom is 0.229 e. The number of Topliss-reactive ketones (excluding diaryl/α,β-unsaturated/α-hetero) is 1. The van der Waals surface area contributed by atoms with Crippen LogP contribution in [0, 0.1) is 11.6 Å². The Balaban J connectivity index is 2.28. The number of sulfone groups is 1. The quantitative estimate of drug-likeness (QED) is 0.793. The Labute approximate surface area is 148 Å². The van der Waals surface area contributed by atoms with Crippen LogP contribution in [0.2, 0.25) is 0 Å². The molecule has 0 spiro atoms. The third-order valence-corrected chi connectivity index (χ3v) is 6.31. The summed E-state index contributed by atoms with van der Waals surface area (Å²) in [7, 11) is -8.40. The van der Waals surface area contributed by atoms with E-state index in [-0.39, 0.29) is 23.5 Å². The average molecular weight is 401 g/mol. The average Bonchev–Trinajstić information content (AvgIpc) is 2.85. The van der Waals surface area contributed by atoms with Gasteiger partial charge in [0.2, 0.25) is 19.9 Å². The Morgan fingerprint density at radius 3 is 2.27 bits per heavy atom. The second-order valence-corrected chi connectivity index (χ2v) is 9.52. The van der Waals surface area contributed by atoms with Gasteiger partial charge in [0.25, 0.3) is 0 Å². The van der Waals surface area contributed by atoms with Gasteiger partial charge < -0.3 is 0 Å². The van der Waals surface area contributed by atoms with Crippen LogP contribution in [0.5, 0.6) is 0 Å². The molecule has 2 aromatic rings. The number of carbonyl (C=O) groups excluding carboxylic acids is 1. The number of nitrogens with one attached hydrogen (secondary N) is 1. The van der Waals surface area contributed by atoms with Crippen LogP contribution in [0.3, 0.4) is 0 Å². The first-order chi connectivity index (χ1) is 12.0. The molecule has 1 aliphatic carbocycles. The number of aryl methyl sites for hydroxylation is 1. The van der Waals surface area contributed by atoms with Crippen LogP contribution >= 0.6 is 0 Å². The second kappa shape index (κ2) is 6.13. The van der Waals surface area contributed by atoms with Gasteiger partial charge in [0.05, 0.1) is 16.8 Å². The van der Waals surface area contributed by atoms with Crippen LogP contribution in [0.1, 0.15) is 22.3 Å². The monoisotopic (exact) mass is 401 g/mol. The summed E-state index contributed by atoms with van der Waals surface area (Å²) in [6.45, 7) is 0. The van der Waals surface area contributed by atoms with E-state index in [0.29, 0.717) is 18.1 Å². The Hall–Kier alpha value is -2.33. The standard InChI is InChI=1S/C16H13F2NO5S2/c1-25(21,22)19-13-6-9-2-4-14(20)11(9)8-16(13)26(23,24)15-5-3-10(17)7-12(15)18/h3,5-8,19H,2,4H2,1H3. The van der Waals surface area contributed by atoms with E-state index in [0.717, 1.165) is 24.5 Å². The number of hydrogen-bond acceptors (Lipinski definition) is 5. The highest BCUT2D eigenvalue weighted by Crippen LogP contribution is 2.35. The minimum Gasteiger partial charge on any atom is -0.294 e. The zero-order valence-corrected chi connectivity index (χ0v) is 15.0. The molecule has 6 nitrogen and oxygen atoms in total. The molecule has 0 saturated carbocycles. The molecular weight excluding hydrogens is 388 g/mol. The lowest BCUT2D eigenvalue weighted by molar-refractivity contribution is 0.0994. The van der Waals surface area contributed by atoms with Gasteiger partial charge >= 0.3 is 0 Å². The molecule has 0 atom stereocenters. The van der Waals surface area contributed by atoms with Gasteiger partial charge in [-0.2, -0.15) is 0 Å². The van der Waals surface area contributed by atoms with Gasteiger partial charge in [-0.3, -0.25) is 9.52 Å². The van der Waals surface area contributed by atoms with Gasteiger partial charge in [-0.1, -0.05) is 0 Å². The topological polar surface area (TPSA) is 97.4 Å². The predicted octanol–water partition coefficient (Wildman–Crippen LogP) is 2.30. The highest BCUT2D eigenvalue weighted by Gasteiger charge is 2.30. The molecule has 2 aromatic carbocycles. The molecule has 3 rings (SSSR count). The van der Waals surface area contributed by atoms with Crippen LogP contribution in [-0.4, -0.2) is 28.9 Å². The van der Waals surface area contributed by atoms with Gasteiger partial charge in [-0.15, -0.1) is 0 Å². The highest BCUT2D eigenvalue weighted by molar-refractivity contribution is 7.93. The molecule has 0 aliphatic heterocycles. The third-order valence-electron chi connectivity index (χ3n) is 3.90. The van der Waals surface area contributed by atoms with Gasteiger partial charge in [0, 0.05) is 18.1 Å². The number of benzene rings is 2. The molecule has 1 N–H and O–H groups in total. The molecule has 0 fully saturated rings. The first-order valence-corrected chi connectivity index (χ1v) is 10.7. The lowest BCUT2D eigenvalue weighted by Crippen LogP contribution is -2.15. The first kappa shape index (κ1) is 18.5. The van der Waals surface area contributed by atoms with Crippen molar-refractivity contribution in [2.45, 2.75) is 22.6 Å². The second-order valence-electron chi connectivity index (χ2n) is 5.88. The normalized spacial score (nSPS) is 14.3. The summed E-state index contributed by atoms with van der Waals surface area (Å²) in [5.74, 6) is -2.57. The maximum atomic E-state index is 14.0. The summed E-state index contributed by atoms with van der Waals surface area (Å²) >= 11 is 0. The number of sulfonamides is 1. The summed E-state index contributed by atoms with van der Waals surface area (Å²) < 4.78 is 78.1. The molecule has 0 radical (unpaired) electrons. The molecule has 1 aliphatic rings. The molecule has 0 amide bonds. The summed E-state index contributed by atoms with van der Waals surface area (Å²) in [4.78, 5) is 10.5. The molecule has 0 saturated heterocycles. The van der Waals surface area contributed by atoms with E-state index < -0.39 is 41.3 Å². The number of halogens is 2. The van der Waals surface area contributed by atoms with Crippen molar-refractivity contribution in [2.24, 2.45) is 0 Å². The van der Waals surface area contributed by atoms with E-state index in [4.69, 9.17) is 0 Å². The smallest absolute Gasteiger partial charge is 0.229 e. The van der Waals surface area contributed by atoms with E-state index in [2.05, 4.69) is 4.72 Å². The minimum atomic E-state index is -4.56. The van der Waals surface area contributed by atoms with E-state index in [1.54, 1.807) is 0 Å². The largest absolute Gasteiger partial charge is 0.294 e. The lowest BCUT2D eigenvalue weighted by atomic mass is 10.1. The fraction of sp³-hybridized carbons (Fsp3) is 0.188. The van der Waals surface area contributed by atoms with Gasteiger partial charge in [0.15, 0.2) is 5.78 Å². The molecule has 0 heterocycles. The Bertz CT molecular complexity index is 1140. The predicted molar refractivity (Wildman–Crippen MR) is 89.4 cm³/mol. The number of carbonyl (C=O) groups is 1. The van der Waals surface area contributed by atoms with E-state index in [1.807, 2.05) is 0 Å². The third kappa shape index (κ3) is 3.34. The van der Waals surface area contributed by atoms with Crippen molar-refractivity contribution >= 4 is 31.3 Å². The molecule has 0 aromatic heterocycles. The fourth-order valence-electron chi connectivity index (χ4n) is 2.79. The van der Waals surface area contributed by atoms with Crippen molar-refractivity contribution in [1.29, 1.82) is 0 Å². The molecule has 26 heavy (non-hydrogen) atoms. The van der Waals surface area contributed by atoms with Crippen LogP contribution in [-0.2, 0) is 26.3 Å². The molecule has 138 valence electrons. The number of hydrogen-bond donors (Lipinski definition) is 1. The van der Waals surface area contributed by atoms with Gasteiger partial charge in [-0.05, 0) is 36.2 Å². The fourth-order valence-corrected chi connectivity index (χ4v) is 4.89. The van der Waals surface area contributed by atoms with Crippen LogP contribution in [0.15, 0.2) is 40.1 Å². The van der Waals surface area contributed by atoms with Crippen molar-refractivity contribution in [3.8, 4) is 0 Å². The van der Waals surface area contributed by atoms with Crippen molar-refractivity contribution in [3.63, 3.8) is 0 Å². The Morgan fingerprint density at radius 2 is 1.65 bits per heavy atom. The number of fused-ring (bicyclic) bond motifs is 1. The number of ketones is 1. The van der Waals surface area contributed by atoms with Crippen LogP contribution < -0.4 is 4.72 Å². The lowest BCUT2D eigenvalue weighted by Gasteiger charge is -2.14. The Morgan fingerprint density at radius 1 is 0.962 bits per heavy atom. The molecule has 0 unspecified atom stereocenters. The van der Waals surface area contributed by atoms with E-state index >= 15 is 0 Å². The number of anilines is 1. The number of rotatable bonds is 4. The van der Waals surface area contributed by atoms with E-state index in [1.165, 1.54) is 6.07 Å². The zero-order valence-electron chi connectivity index (χ0n) is 13.4. The van der Waals surface area contributed by atoms with Gasteiger partial charge in [-0.25, -0.2) is 25.6 Å². The molecule has 10 heteroatoms. The van der Waals surface area contributed by atoms with Crippen molar-refractivity contribution in [1.82, 2.24) is 0 Å². The SMILES string of the molecule is CS(=O)(=O)Nc1cc2c(cc1S(=O)(=O)c1ccc(F)cc1F)C(=O)CC2. The molecular formula is C16H13F2NO5S2. The van der Waals surface area contributed by atoms with Crippen LogP contribution in [0.25, 0.3) is 0 Å². The van der Waals surface area contributed by atoms with Crippen molar-refractivity contribution < 1.29 is 30.4 Å². The summed E-state index contributed by atoms with van der Waals surface area (Å²) in [5.41, 5.74) is 0.356.